The van der Waals surface area contributed by atoms with Gasteiger partial charge in [0.1, 0.15) is 18.2 Å². The van der Waals surface area contributed by atoms with Crippen molar-refractivity contribution < 1.29 is 4.74 Å². The molecule has 1 saturated carbocycles. The average molecular weight is 558 g/mol. The van der Waals surface area contributed by atoms with Gasteiger partial charge < -0.3 is 15.8 Å². The number of nitrogens with one attached hydrogen (secondary N) is 1. The van der Waals surface area contributed by atoms with E-state index in [1.54, 1.807) is 0 Å². The van der Waals surface area contributed by atoms with Crippen molar-refractivity contribution >= 4 is 65.3 Å². The van der Waals surface area contributed by atoms with Crippen molar-refractivity contribution in [1.29, 1.82) is 0 Å². The lowest BCUT2D eigenvalue weighted by Gasteiger charge is -2.30. The fourth-order valence-corrected chi connectivity index (χ4v) is 4.53. The van der Waals surface area contributed by atoms with E-state index >= 15 is 0 Å². The zero-order chi connectivity index (χ0) is 24.0. The minimum absolute atomic E-state index is 0. The van der Waals surface area contributed by atoms with Crippen molar-refractivity contribution in [1.82, 2.24) is 9.97 Å². The Balaban J connectivity index is 0.00000190. The van der Waals surface area contributed by atoms with E-state index in [0.717, 1.165) is 46.4 Å². The van der Waals surface area contributed by atoms with Gasteiger partial charge in [-0.15, -0.1) is 24.8 Å². The van der Waals surface area contributed by atoms with Crippen LogP contribution in [0.2, 0.25) is 5.02 Å². The average Bonchev–Trinajstić information content (AvgIpc) is 2.89. The standard InChI is InChI=1S/C29H29ClN4O.2ClH/c30-22-13-10-20(11-14-22)12-17-28-32-26-16-15-23(35-19-21-6-2-1-3-7-21)18-24(26)29(34-28)33-27-9-5-4-8-25(27)31;;/h1-3,6-7,10-18,25,27H,4-5,8-9,19,31H2,(H,32,33,34);2*1H. The van der Waals surface area contributed by atoms with Crippen LogP contribution in [0.3, 0.4) is 0 Å². The van der Waals surface area contributed by atoms with Crippen molar-refractivity contribution in [3.8, 4) is 5.75 Å². The number of anilines is 1. The largest absolute Gasteiger partial charge is 0.489 e. The molecule has 3 N–H and O–H groups in total. The summed E-state index contributed by atoms with van der Waals surface area (Å²) in [5.74, 6) is 2.21. The van der Waals surface area contributed by atoms with Crippen molar-refractivity contribution in [3.63, 3.8) is 0 Å². The summed E-state index contributed by atoms with van der Waals surface area (Å²) in [7, 11) is 0. The van der Waals surface area contributed by atoms with Gasteiger partial charge in [0.15, 0.2) is 5.82 Å². The summed E-state index contributed by atoms with van der Waals surface area (Å²) in [6, 6.07) is 24.1. The predicted molar refractivity (Wildman–Crippen MR) is 159 cm³/mol. The number of rotatable bonds is 7. The van der Waals surface area contributed by atoms with Crippen LogP contribution in [0, 0.1) is 0 Å². The highest BCUT2D eigenvalue weighted by Crippen LogP contribution is 2.29. The fraction of sp³-hybridized carbons (Fsp3) is 0.241. The Morgan fingerprint density at radius 2 is 1.68 bits per heavy atom. The summed E-state index contributed by atoms with van der Waals surface area (Å²) in [5.41, 5.74) is 9.46. The van der Waals surface area contributed by atoms with Gasteiger partial charge in [0.05, 0.1) is 5.52 Å². The van der Waals surface area contributed by atoms with Gasteiger partial charge in [0, 0.05) is 22.5 Å². The highest BCUT2D eigenvalue weighted by Gasteiger charge is 2.23. The van der Waals surface area contributed by atoms with E-state index in [2.05, 4.69) is 17.4 Å². The second-order valence-electron chi connectivity index (χ2n) is 8.97. The molecule has 3 aromatic carbocycles. The molecule has 0 spiro atoms. The first-order valence-electron chi connectivity index (χ1n) is 12.1. The molecule has 37 heavy (non-hydrogen) atoms. The Kier molecular flexibility index (Phi) is 10.6. The number of halogens is 3. The third kappa shape index (κ3) is 7.59. The number of hydrogen-bond acceptors (Lipinski definition) is 5. The van der Waals surface area contributed by atoms with Crippen molar-refractivity contribution in [2.75, 3.05) is 5.32 Å². The quantitative estimate of drug-likeness (QED) is 0.245. The number of ether oxygens (including phenoxy) is 1. The molecule has 0 amide bonds. The monoisotopic (exact) mass is 556 g/mol. The Hall–Kier alpha value is -2.83. The van der Waals surface area contributed by atoms with Crippen LogP contribution in [0.5, 0.6) is 5.75 Å². The summed E-state index contributed by atoms with van der Waals surface area (Å²) in [5, 5.41) is 5.28. The minimum atomic E-state index is 0. The molecule has 0 bridgehead atoms. The smallest absolute Gasteiger partial charge is 0.154 e. The van der Waals surface area contributed by atoms with Gasteiger partial charge in [-0.05, 0) is 60.4 Å². The van der Waals surface area contributed by atoms with Crippen LogP contribution in [-0.4, -0.2) is 22.1 Å². The summed E-state index contributed by atoms with van der Waals surface area (Å²) >= 11 is 6.01. The third-order valence-electron chi connectivity index (χ3n) is 6.37. The predicted octanol–water partition coefficient (Wildman–Crippen LogP) is 7.56. The summed E-state index contributed by atoms with van der Waals surface area (Å²) in [6.07, 6.45) is 8.32. The number of nitrogens with two attached hydrogens (primary N) is 1. The number of nitrogens with zero attached hydrogens (tertiary/aromatic N) is 2. The number of benzene rings is 3. The summed E-state index contributed by atoms with van der Waals surface area (Å²) < 4.78 is 6.08. The molecule has 1 aromatic heterocycles. The van der Waals surface area contributed by atoms with E-state index in [-0.39, 0.29) is 36.9 Å². The number of hydrogen-bond donors (Lipinski definition) is 2. The highest BCUT2D eigenvalue weighted by atomic mass is 35.5. The Labute approximate surface area is 235 Å². The first-order chi connectivity index (χ1) is 17.1. The van der Waals surface area contributed by atoms with E-state index in [0.29, 0.717) is 17.5 Å². The molecular formula is C29H31Cl3N4O. The lowest BCUT2D eigenvalue weighted by atomic mass is 9.91. The van der Waals surface area contributed by atoms with Crippen LogP contribution >= 0.6 is 36.4 Å². The SMILES string of the molecule is Cl.Cl.NC1CCCCC1Nc1nc(C=Cc2ccc(Cl)cc2)nc2ccc(OCc3ccccc3)cc12. The molecule has 0 radical (unpaired) electrons. The van der Waals surface area contributed by atoms with Crippen molar-refractivity contribution in [2.24, 2.45) is 5.73 Å². The van der Waals surface area contributed by atoms with E-state index in [4.69, 9.17) is 32.0 Å². The topological polar surface area (TPSA) is 73.1 Å². The van der Waals surface area contributed by atoms with Gasteiger partial charge in [-0.3, -0.25) is 0 Å². The van der Waals surface area contributed by atoms with Gasteiger partial charge in [0.25, 0.3) is 0 Å². The molecule has 5 rings (SSSR count). The summed E-state index contributed by atoms with van der Waals surface area (Å²) in [4.78, 5) is 9.66. The maximum absolute atomic E-state index is 6.44. The molecule has 2 atom stereocenters. The second kappa shape index (κ2) is 13.6. The van der Waals surface area contributed by atoms with Crippen molar-refractivity contribution in [3.05, 3.63) is 94.8 Å². The van der Waals surface area contributed by atoms with E-state index in [1.165, 1.54) is 12.8 Å². The maximum Gasteiger partial charge on any atom is 0.154 e. The van der Waals surface area contributed by atoms with E-state index in [9.17, 15) is 0 Å². The first-order valence-corrected chi connectivity index (χ1v) is 12.5. The number of aromatic nitrogens is 2. The second-order valence-corrected chi connectivity index (χ2v) is 9.40. The van der Waals surface area contributed by atoms with E-state index < -0.39 is 0 Å². The molecule has 1 aliphatic carbocycles. The van der Waals surface area contributed by atoms with E-state index in [1.807, 2.05) is 72.8 Å². The molecule has 1 heterocycles. The van der Waals surface area contributed by atoms with Crippen molar-refractivity contribution in [2.45, 2.75) is 44.4 Å². The molecule has 0 saturated heterocycles. The zero-order valence-electron chi connectivity index (χ0n) is 20.3. The first kappa shape index (κ1) is 28.7. The minimum Gasteiger partial charge on any atom is -0.489 e. The molecule has 4 aromatic rings. The molecule has 1 fully saturated rings. The summed E-state index contributed by atoms with van der Waals surface area (Å²) in [6.45, 7) is 0.505. The van der Waals surface area contributed by atoms with Gasteiger partial charge in [-0.25, -0.2) is 9.97 Å². The fourth-order valence-electron chi connectivity index (χ4n) is 4.40. The number of fused-ring (bicyclic) bond motifs is 1. The molecule has 194 valence electrons. The molecule has 1 aliphatic rings. The van der Waals surface area contributed by atoms with Gasteiger partial charge >= 0.3 is 0 Å². The van der Waals surface area contributed by atoms with Crippen LogP contribution in [-0.2, 0) is 6.61 Å². The molecular weight excluding hydrogens is 527 g/mol. The van der Waals surface area contributed by atoms with Crippen LogP contribution in [0.15, 0.2) is 72.8 Å². The van der Waals surface area contributed by atoms with Crippen LogP contribution < -0.4 is 15.8 Å². The van der Waals surface area contributed by atoms with Gasteiger partial charge in [0.2, 0.25) is 0 Å². The molecule has 8 heteroatoms. The Morgan fingerprint density at radius 3 is 2.43 bits per heavy atom. The Morgan fingerprint density at radius 1 is 0.919 bits per heavy atom. The molecule has 2 unspecified atom stereocenters. The zero-order valence-corrected chi connectivity index (χ0v) is 22.7. The molecule has 0 aliphatic heterocycles. The maximum atomic E-state index is 6.44. The van der Waals surface area contributed by atoms with Crippen LogP contribution in [0.25, 0.3) is 23.1 Å². The lowest BCUT2D eigenvalue weighted by molar-refractivity contribution is 0.306. The van der Waals surface area contributed by atoms with Crippen LogP contribution in [0.4, 0.5) is 5.82 Å². The molecule has 5 nitrogen and oxygen atoms in total. The van der Waals surface area contributed by atoms with Crippen LogP contribution in [0.1, 0.15) is 42.6 Å². The highest BCUT2D eigenvalue weighted by molar-refractivity contribution is 6.30. The third-order valence-corrected chi connectivity index (χ3v) is 6.62. The Bertz CT molecular complexity index is 1320. The normalized spacial score (nSPS) is 17.1. The van der Waals surface area contributed by atoms with Gasteiger partial charge in [-0.1, -0.05) is 73.0 Å². The lowest BCUT2D eigenvalue weighted by Crippen LogP contribution is -2.42. The van der Waals surface area contributed by atoms with Gasteiger partial charge in [-0.2, -0.15) is 0 Å².